The van der Waals surface area contributed by atoms with Crippen LogP contribution < -0.4 is 32.1 Å². The Morgan fingerprint density at radius 3 is 1.88 bits per heavy atom. The standard InChI is InChI=1S/C31H31N7O4S.C19H26BN5O4/c1-31(2)11-21-20-6-8-37(30(42)27(20)43-24(21)12-31)28-22(16-39)19(5-7-32-28)17-9-23(29(41)36(4)13-17)33-25-10-18-14-35(3)26(40)15-38(18)34-25;1-18(2)19(3,4)29-20(28-18)12-7-14(17(27)24(6)9-12)21-15-8-13-10-23(5)16(26)11-25(13)22-15/h5,7,9-10,13,16H,6,8,11-12,14-15H2,1-4H3,(H,33,34);7-9H,10-11H2,1-6H3,(H,21,22). The van der Waals surface area contributed by atoms with Crippen molar-refractivity contribution < 1.29 is 28.5 Å². The molecule has 5 aliphatic rings. The highest BCUT2D eigenvalue weighted by Crippen LogP contribution is 2.46. The first-order valence-corrected chi connectivity index (χ1v) is 24.6. The molecule has 72 heavy (non-hydrogen) atoms. The largest absolute Gasteiger partial charge is 0.496 e. The number of anilines is 5. The van der Waals surface area contributed by atoms with Crippen molar-refractivity contribution in [2.75, 3.05) is 36.2 Å². The van der Waals surface area contributed by atoms with Crippen LogP contribution in [0.5, 0.6) is 0 Å². The third-order valence-corrected chi connectivity index (χ3v) is 15.8. The van der Waals surface area contributed by atoms with Gasteiger partial charge in [0.05, 0.1) is 46.1 Å². The molecule has 0 atom stereocenters. The minimum Gasteiger partial charge on any atom is -0.399 e. The van der Waals surface area contributed by atoms with Crippen LogP contribution in [0.15, 0.2) is 58.5 Å². The van der Waals surface area contributed by atoms with Crippen molar-refractivity contribution in [1.82, 2.24) is 43.5 Å². The third kappa shape index (κ3) is 8.63. The zero-order valence-electron chi connectivity index (χ0n) is 42.1. The van der Waals surface area contributed by atoms with E-state index in [1.54, 1.807) is 100 Å². The van der Waals surface area contributed by atoms with Crippen molar-refractivity contribution in [1.29, 1.82) is 0 Å². The fraction of sp³-hybridized carbons (Fsp3) is 0.420. The maximum absolute atomic E-state index is 13.8. The molecule has 1 aliphatic carbocycles. The molecule has 4 aliphatic heterocycles. The molecule has 1 fully saturated rings. The number of nitrogens with zero attached hydrogens (tertiary/aromatic N) is 10. The van der Waals surface area contributed by atoms with E-state index in [-0.39, 0.29) is 58.6 Å². The summed E-state index contributed by atoms with van der Waals surface area (Å²) < 4.78 is 18.4. The molecule has 11 rings (SSSR count). The SMILES string of the molecule is CN1Cc2cc(Nc3cc(-c4ccnc(N5CCc6c(sc7c6CC(C)(C)C7)C5=O)c4C=O)cn(C)c3=O)nn2CC1=O.CN1Cc2cc(Nc3cc(B4OC(C)(C)C(C)(C)O4)cn(C)c3=O)nn2CC1=O. The molecule has 6 aromatic heterocycles. The first-order valence-electron chi connectivity index (χ1n) is 23.8. The van der Waals surface area contributed by atoms with E-state index in [0.29, 0.717) is 53.9 Å². The maximum atomic E-state index is 13.8. The lowest BCUT2D eigenvalue weighted by molar-refractivity contribution is -0.133. The van der Waals surface area contributed by atoms with Crippen LogP contribution in [0.3, 0.4) is 0 Å². The highest BCUT2D eigenvalue weighted by atomic mass is 32.1. The van der Waals surface area contributed by atoms with Crippen molar-refractivity contribution in [2.45, 2.75) is 98.2 Å². The summed E-state index contributed by atoms with van der Waals surface area (Å²) in [7, 11) is 6.25. The van der Waals surface area contributed by atoms with Gasteiger partial charge >= 0.3 is 7.12 Å². The average molecular weight is 997 g/mol. The quantitative estimate of drug-likeness (QED) is 0.162. The second kappa shape index (κ2) is 17.6. The van der Waals surface area contributed by atoms with Crippen molar-refractivity contribution in [3.05, 3.63) is 107 Å². The normalized spacial score (nSPS) is 18.3. The topological polar surface area (TPSA) is 213 Å². The molecule has 1 saturated heterocycles. The van der Waals surface area contributed by atoms with Crippen LogP contribution in [-0.2, 0) is 78.4 Å². The molecule has 3 amide bonds. The Labute approximate surface area is 419 Å². The summed E-state index contributed by atoms with van der Waals surface area (Å²) in [6, 6.07) is 8.79. The van der Waals surface area contributed by atoms with Crippen LogP contribution in [0.2, 0.25) is 0 Å². The molecule has 10 heterocycles. The minimum absolute atomic E-state index is 0.00539. The fourth-order valence-electron chi connectivity index (χ4n) is 9.89. The molecule has 20 nitrogen and oxygen atoms in total. The number of aryl methyl sites for hydroxylation is 2. The summed E-state index contributed by atoms with van der Waals surface area (Å²) in [6.07, 6.45) is 8.37. The van der Waals surface area contributed by atoms with Gasteiger partial charge < -0.3 is 38.9 Å². The number of pyridine rings is 3. The zero-order valence-corrected chi connectivity index (χ0v) is 42.9. The molecule has 0 aromatic carbocycles. The van der Waals surface area contributed by atoms with Gasteiger partial charge in [-0.2, -0.15) is 10.2 Å². The molecule has 2 N–H and O–H groups in total. The molecule has 0 spiro atoms. The van der Waals surface area contributed by atoms with Crippen LogP contribution in [0, 0.1) is 5.41 Å². The third-order valence-electron chi connectivity index (χ3n) is 14.6. The molecular weight excluding hydrogens is 940 g/mol. The predicted octanol–water partition coefficient (Wildman–Crippen LogP) is 4.16. The fourth-order valence-corrected chi connectivity index (χ4v) is 11.5. The number of thiophene rings is 1. The van der Waals surface area contributed by atoms with Crippen LogP contribution in [0.25, 0.3) is 11.1 Å². The average Bonchev–Trinajstić information content (AvgIpc) is 4.10. The van der Waals surface area contributed by atoms with E-state index in [9.17, 15) is 28.8 Å². The first kappa shape index (κ1) is 48.5. The Bertz CT molecular complexity index is 3370. The lowest BCUT2D eigenvalue weighted by Gasteiger charge is -2.32. The Kier molecular flexibility index (Phi) is 11.8. The van der Waals surface area contributed by atoms with Gasteiger partial charge in [-0.15, -0.1) is 11.3 Å². The Balaban J connectivity index is 0.000000179. The van der Waals surface area contributed by atoms with Gasteiger partial charge in [-0.05, 0) is 87.3 Å². The highest BCUT2D eigenvalue weighted by Gasteiger charge is 2.52. The number of hydrogen-bond acceptors (Lipinski definition) is 14. The Morgan fingerprint density at radius 1 is 0.722 bits per heavy atom. The van der Waals surface area contributed by atoms with Crippen LogP contribution in [0.4, 0.5) is 28.8 Å². The van der Waals surface area contributed by atoms with Gasteiger partial charge in [-0.3, -0.25) is 43.0 Å². The number of likely N-dealkylation sites (N-methyl/N-ethyl adjacent to an activating group) is 2. The second-order valence-electron chi connectivity index (χ2n) is 21.1. The summed E-state index contributed by atoms with van der Waals surface area (Å²) in [5.41, 5.74) is 5.88. The Morgan fingerprint density at radius 2 is 1.29 bits per heavy atom. The number of amides is 3. The van der Waals surface area contributed by atoms with E-state index in [1.165, 1.54) is 19.6 Å². The van der Waals surface area contributed by atoms with Crippen molar-refractivity contribution >= 4 is 76.8 Å². The highest BCUT2D eigenvalue weighted by molar-refractivity contribution is 7.14. The van der Waals surface area contributed by atoms with Gasteiger partial charge in [0, 0.05) is 81.4 Å². The number of nitrogens with one attached hydrogen (secondary N) is 2. The van der Waals surface area contributed by atoms with Crippen molar-refractivity contribution in [3.63, 3.8) is 0 Å². The number of aldehydes is 1. The molecule has 0 bridgehead atoms. The monoisotopic (exact) mass is 996 g/mol. The molecule has 374 valence electrons. The Hall–Kier alpha value is -7.17. The number of aromatic nitrogens is 7. The van der Waals surface area contributed by atoms with Gasteiger partial charge in [0.25, 0.3) is 17.0 Å². The van der Waals surface area contributed by atoms with E-state index >= 15 is 0 Å². The van der Waals surface area contributed by atoms with E-state index in [1.807, 2.05) is 39.8 Å². The second-order valence-corrected chi connectivity index (χ2v) is 22.2. The maximum Gasteiger partial charge on any atom is 0.496 e. The van der Waals surface area contributed by atoms with E-state index in [4.69, 9.17) is 9.31 Å². The van der Waals surface area contributed by atoms with Gasteiger partial charge in [-0.1, -0.05) is 13.8 Å². The van der Waals surface area contributed by atoms with E-state index in [2.05, 4.69) is 39.7 Å². The summed E-state index contributed by atoms with van der Waals surface area (Å²) >= 11 is 1.58. The molecular formula is C50H57BN12O8S. The smallest absolute Gasteiger partial charge is 0.399 e. The zero-order chi connectivity index (χ0) is 51.3. The minimum atomic E-state index is -0.575. The molecule has 0 radical (unpaired) electrons. The molecule has 6 aromatic rings. The summed E-state index contributed by atoms with van der Waals surface area (Å²) in [5.74, 6) is 1.12. The number of rotatable bonds is 8. The van der Waals surface area contributed by atoms with Crippen LogP contribution in [0.1, 0.15) is 89.0 Å². The summed E-state index contributed by atoms with van der Waals surface area (Å²) in [6.45, 7) is 14.2. The molecule has 0 unspecified atom stereocenters. The van der Waals surface area contributed by atoms with E-state index < -0.39 is 18.3 Å². The molecule has 0 saturated carbocycles. The predicted molar refractivity (Wildman–Crippen MR) is 273 cm³/mol. The molecule has 22 heteroatoms. The van der Waals surface area contributed by atoms with Crippen LogP contribution >= 0.6 is 11.3 Å². The number of fused-ring (bicyclic) bond motifs is 5. The van der Waals surface area contributed by atoms with Gasteiger partial charge in [0.15, 0.2) is 17.9 Å². The number of carbonyl (C=O) groups is 4. The van der Waals surface area contributed by atoms with Gasteiger partial charge in [-0.25, -0.2) is 4.98 Å². The lowest BCUT2D eigenvalue weighted by Crippen LogP contribution is -2.41. The van der Waals surface area contributed by atoms with Gasteiger partial charge in [0.2, 0.25) is 11.8 Å². The summed E-state index contributed by atoms with van der Waals surface area (Å²) in [4.78, 5) is 87.5. The van der Waals surface area contributed by atoms with Crippen molar-refractivity contribution in [3.8, 4) is 11.1 Å². The van der Waals surface area contributed by atoms with Gasteiger partial charge in [0.1, 0.15) is 30.3 Å². The van der Waals surface area contributed by atoms with E-state index in [0.717, 1.165) is 52.8 Å². The van der Waals surface area contributed by atoms with Crippen molar-refractivity contribution in [2.24, 2.45) is 19.5 Å². The van der Waals surface area contributed by atoms with Crippen LogP contribution in [-0.4, -0.2) is 106 Å². The first-order chi connectivity index (χ1) is 34.0. The lowest BCUT2D eigenvalue weighted by atomic mass is 9.80. The summed E-state index contributed by atoms with van der Waals surface area (Å²) in [5, 5.41) is 15.1. The number of carbonyl (C=O) groups excluding carboxylic acids is 4. The number of hydrogen-bond donors (Lipinski definition) is 2.